The van der Waals surface area contributed by atoms with Crippen LogP contribution in [0.4, 0.5) is 8.78 Å². The van der Waals surface area contributed by atoms with E-state index in [4.69, 9.17) is 12.2 Å². The fraction of sp³-hybridized carbons (Fsp3) is 0.312. The maximum atomic E-state index is 12.5. The van der Waals surface area contributed by atoms with E-state index in [9.17, 15) is 23.5 Å². The van der Waals surface area contributed by atoms with Gasteiger partial charge in [0, 0.05) is 18.1 Å². The molecule has 0 aromatic heterocycles. The monoisotopic (exact) mass is 386 g/mol. The van der Waals surface area contributed by atoms with Gasteiger partial charge in [-0.05, 0) is 31.4 Å². The largest absolute Gasteiger partial charge is 0.550 e. The van der Waals surface area contributed by atoms with E-state index in [-0.39, 0.29) is 18.1 Å². The summed E-state index contributed by atoms with van der Waals surface area (Å²) < 4.78 is 29.7. The Hall–Kier alpha value is -2.00. The summed E-state index contributed by atoms with van der Waals surface area (Å²) in [5, 5.41) is 10.4. The summed E-state index contributed by atoms with van der Waals surface area (Å²) in [5.41, 5.74) is 0.347. The van der Waals surface area contributed by atoms with Gasteiger partial charge in [0.15, 0.2) is 0 Å². The number of thioether (sulfide) groups is 1. The zero-order valence-electron chi connectivity index (χ0n) is 12.9. The molecule has 134 valence electrons. The Bertz CT molecular complexity index is 709. The zero-order valence-corrected chi connectivity index (χ0v) is 14.6. The molecule has 1 aromatic rings. The lowest BCUT2D eigenvalue weighted by atomic mass is 10.2. The van der Waals surface area contributed by atoms with E-state index < -0.39 is 12.6 Å². The number of carboxylic acid groups (broad SMARTS) is 1. The lowest BCUT2D eigenvalue weighted by Gasteiger charge is -2.14. The van der Waals surface area contributed by atoms with Crippen LogP contribution in [0, 0.1) is 0 Å². The van der Waals surface area contributed by atoms with Gasteiger partial charge in [-0.25, -0.2) is 0 Å². The highest BCUT2D eigenvalue weighted by Crippen LogP contribution is 2.34. The third-order valence-electron chi connectivity index (χ3n) is 3.31. The van der Waals surface area contributed by atoms with Crippen molar-refractivity contribution in [1.82, 2.24) is 4.90 Å². The van der Waals surface area contributed by atoms with Gasteiger partial charge in [-0.15, -0.1) is 0 Å². The zero-order chi connectivity index (χ0) is 18.4. The van der Waals surface area contributed by atoms with Crippen LogP contribution in [0.1, 0.15) is 24.8 Å². The number of unbranched alkanes of at least 4 members (excludes halogenated alkanes) is 1. The summed E-state index contributed by atoms with van der Waals surface area (Å²) in [6.07, 6.45) is 2.23. The maximum Gasteiger partial charge on any atom is 0.387 e. The first-order valence-corrected chi connectivity index (χ1v) is 8.60. The molecule has 2 rings (SSSR count). The summed E-state index contributed by atoms with van der Waals surface area (Å²) >= 11 is 6.23. The summed E-state index contributed by atoms with van der Waals surface area (Å²) in [5.74, 6) is -1.51. The van der Waals surface area contributed by atoms with Crippen LogP contribution in [0.25, 0.3) is 6.08 Å². The lowest BCUT2D eigenvalue weighted by Crippen LogP contribution is -2.29. The van der Waals surface area contributed by atoms with Crippen LogP contribution in [0.2, 0.25) is 0 Å². The number of thiocarbonyl (C=S) groups is 1. The van der Waals surface area contributed by atoms with Gasteiger partial charge in [0.05, 0.1) is 4.91 Å². The minimum atomic E-state index is -2.97. The van der Waals surface area contributed by atoms with Gasteiger partial charge in [-0.1, -0.05) is 42.2 Å². The second kappa shape index (κ2) is 8.91. The number of nitrogens with zero attached hydrogens (tertiary/aromatic N) is 1. The molecule has 0 aliphatic carbocycles. The first-order valence-electron chi connectivity index (χ1n) is 7.37. The fourth-order valence-corrected chi connectivity index (χ4v) is 3.48. The molecular formula is C16H14F2NO4S2-. The SMILES string of the molecule is O=C([O-])CCCCN1C(=O)/C(=C\c2ccccc2OC(F)F)SC1=S. The number of rotatable bonds is 8. The minimum Gasteiger partial charge on any atom is -0.550 e. The highest BCUT2D eigenvalue weighted by atomic mass is 32.2. The van der Waals surface area contributed by atoms with E-state index in [1.807, 2.05) is 0 Å². The molecule has 0 N–H and O–H groups in total. The lowest BCUT2D eigenvalue weighted by molar-refractivity contribution is -0.305. The Kier molecular flexibility index (Phi) is 6.89. The van der Waals surface area contributed by atoms with Crippen LogP contribution in [-0.2, 0) is 9.59 Å². The third-order valence-corrected chi connectivity index (χ3v) is 4.69. The van der Waals surface area contributed by atoms with Crippen LogP contribution < -0.4 is 9.84 Å². The molecule has 0 bridgehead atoms. The molecular weight excluding hydrogens is 372 g/mol. The van der Waals surface area contributed by atoms with Crippen molar-refractivity contribution in [1.29, 1.82) is 0 Å². The highest BCUT2D eigenvalue weighted by molar-refractivity contribution is 8.26. The van der Waals surface area contributed by atoms with Gasteiger partial charge in [-0.2, -0.15) is 8.78 Å². The molecule has 1 fully saturated rings. The van der Waals surface area contributed by atoms with Gasteiger partial charge < -0.3 is 14.6 Å². The Labute approximate surface area is 152 Å². The number of carboxylic acids is 1. The molecule has 0 spiro atoms. The number of para-hydroxylation sites is 1. The summed E-state index contributed by atoms with van der Waals surface area (Å²) in [6.45, 7) is -2.67. The second-order valence-corrected chi connectivity index (χ2v) is 6.75. The fourth-order valence-electron chi connectivity index (χ4n) is 2.18. The topological polar surface area (TPSA) is 69.7 Å². The second-order valence-electron chi connectivity index (χ2n) is 5.08. The van der Waals surface area contributed by atoms with Crippen molar-refractivity contribution in [2.45, 2.75) is 25.9 Å². The number of hydrogen-bond acceptors (Lipinski definition) is 6. The Morgan fingerprint density at radius 1 is 1.36 bits per heavy atom. The Morgan fingerprint density at radius 2 is 2.08 bits per heavy atom. The predicted octanol–water partition coefficient (Wildman–Crippen LogP) is 2.41. The molecule has 25 heavy (non-hydrogen) atoms. The molecule has 1 heterocycles. The van der Waals surface area contributed by atoms with Crippen molar-refractivity contribution in [3.05, 3.63) is 34.7 Å². The van der Waals surface area contributed by atoms with Crippen molar-refractivity contribution >= 4 is 46.3 Å². The van der Waals surface area contributed by atoms with Gasteiger partial charge in [-0.3, -0.25) is 9.69 Å². The molecule has 1 amide bonds. The molecule has 1 aliphatic heterocycles. The van der Waals surface area contributed by atoms with Crippen molar-refractivity contribution in [3.63, 3.8) is 0 Å². The summed E-state index contributed by atoms with van der Waals surface area (Å²) in [6, 6.07) is 6.14. The molecule has 1 aliphatic rings. The number of ether oxygens (including phenoxy) is 1. The van der Waals surface area contributed by atoms with E-state index in [0.29, 0.717) is 34.2 Å². The Balaban J connectivity index is 2.08. The first-order chi connectivity index (χ1) is 11.9. The standard InChI is InChI=1S/C16H15F2NO4S2/c17-15(18)23-11-6-2-1-5-10(11)9-12-14(22)19(16(24)25-12)8-4-3-7-13(20)21/h1-2,5-6,9,15H,3-4,7-8H2,(H,20,21)/p-1/b12-9+. The molecule has 1 saturated heterocycles. The number of halogens is 2. The first kappa shape index (κ1) is 19.3. The quantitative estimate of drug-likeness (QED) is 0.388. The van der Waals surface area contributed by atoms with E-state index in [1.54, 1.807) is 18.2 Å². The van der Waals surface area contributed by atoms with Crippen molar-refractivity contribution in [2.75, 3.05) is 6.54 Å². The molecule has 0 saturated carbocycles. The van der Waals surface area contributed by atoms with Crippen molar-refractivity contribution in [2.24, 2.45) is 0 Å². The van der Waals surface area contributed by atoms with E-state index >= 15 is 0 Å². The number of alkyl halides is 2. The summed E-state index contributed by atoms with van der Waals surface area (Å²) in [7, 11) is 0. The molecule has 0 unspecified atom stereocenters. The average molecular weight is 386 g/mol. The van der Waals surface area contributed by atoms with Crippen LogP contribution in [0.15, 0.2) is 29.2 Å². The number of benzene rings is 1. The number of carbonyl (C=O) groups is 2. The number of carbonyl (C=O) groups excluding carboxylic acids is 2. The Morgan fingerprint density at radius 3 is 2.76 bits per heavy atom. The van der Waals surface area contributed by atoms with Crippen LogP contribution in [0.3, 0.4) is 0 Å². The number of hydrogen-bond donors (Lipinski definition) is 0. The molecule has 5 nitrogen and oxygen atoms in total. The van der Waals surface area contributed by atoms with E-state index in [0.717, 1.165) is 11.8 Å². The normalized spacial score (nSPS) is 16.1. The van der Waals surface area contributed by atoms with Gasteiger partial charge in [0.1, 0.15) is 10.1 Å². The van der Waals surface area contributed by atoms with Crippen molar-refractivity contribution < 1.29 is 28.2 Å². The van der Waals surface area contributed by atoms with Crippen LogP contribution in [0.5, 0.6) is 5.75 Å². The molecule has 0 atom stereocenters. The maximum absolute atomic E-state index is 12.5. The molecule has 0 radical (unpaired) electrons. The average Bonchev–Trinajstić information content (AvgIpc) is 2.79. The van der Waals surface area contributed by atoms with E-state index in [1.165, 1.54) is 17.0 Å². The van der Waals surface area contributed by atoms with Gasteiger partial charge in [0.25, 0.3) is 5.91 Å². The van der Waals surface area contributed by atoms with E-state index in [2.05, 4.69) is 4.74 Å². The highest BCUT2D eigenvalue weighted by Gasteiger charge is 2.31. The summed E-state index contributed by atoms with van der Waals surface area (Å²) in [4.78, 5) is 24.5. The molecule has 9 heteroatoms. The smallest absolute Gasteiger partial charge is 0.387 e. The number of aliphatic carboxylic acids is 1. The van der Waals surface area contributed by atoms with Gasteiger partial charge in [0.2, 0.25) is 0 Å². The van der Waals surface area contributed by atoms with Crippen LogP contribution >= 0.6 is 24.0 Å². The van der Waals surface area contributed by atoms with Crippen molar-refractivity contribution in [3.8, 4) is 5.75 Å². The number of amides is 1. The predicted molar refractivity (Wildman–Crippen MR) is 91.8 cm³/mol. The molecule has 1 aromatic carbocycles. The third kappa shape index (κ3) is 5.50. The van der Waals surface area contributed by atoms with Gasteiger partial charge >= 0.3 is 6.61 Å². The minimum absolute atomic E-state index is 0.0308. The van der Waals surface area contributed by atoms with Crippen LogP contribution in [-0.4, -0.2) is 34.3 Å².